The van der Waals surface area contributed by atoms with E-state index in [-0.39, 0.29) is 12.5 Å². The van der Waals surface area contributed by atoms with E-state index in [9.17, 15) is 15.0 Å². The van der Waals surface area contributed by atoms with Crippen molar-refractivity contribution in [2.75, 3.05) is 19.7 Å². The molecule has 4 atom stereocenters. The Morgan fingerprint density at radius 1 is 1.26 bits per heavy atom. The zero-order valence-electron chi connectivity index (χ0n) is 11.1. The average Bonchev–Trinajstić information content (AvgIpc) is 2.40. The van der Waals surface area contributed by atoms with E-state index in [4.69, 9.17) is 10.8 Å². The Morgan fingerprint density at radius 3 is 2.63 bits per heavy atom. The number of amides is 1. The molecule has 1 aliphatic rings. The standard InChI is InChI=1S/C12H25N3O4/c13-5-3-1-2-4-10(17)15-8-6-14-9(7-16)12(19)11(8)18/h8-9,11-12,14,16,18-19H,1-7,13H2,(H,15,17)/t8-,9+,11+,12+/m0/s1. The van der Waals surface area contributed by atoms with Gasteiger partial charge < -0.3 is 31.7 Å². The highest BCUT2D eigenvalue weighted by Gasteiger charge is 2.37. The van der Waals surface area contributed by atoms with Crippen LogP contribution >= 0.6 is 0 Å². The Morgan fingerprint density at radius 2 is 2.00 bits per heavy atom. The molecule has 1 heterocycles. The van der Waals surface area contributed by atoms with E-state index in [1.165, 1.54) is 0 Å². The Hall–Kier alpha value is -0.730. The molecule has 7 nitrogen and oxygen atoms in total. The van der Waals surface area contributed by atoms with E-state index in [1.807, 2.05) is 0 Å². The highest BCUT2D eigenvalue weighted by molar-refractivity contribution is 5.76. The molecular formula is C12H25N3O4. The lowest BCUT2D eigenvalue weighted by Gasteiger charge is -2.38. The van der Waals surface area contributed by atoms with Gasteiger partial charge in [-0.1, -0.05) is 6.42 Å². The van der Waals surface area contributed by atoms with Gasteiger partial charge in [0.1, 0.15) is 6.10 Å². The third-order valence-corrected chi connectivity index (χ3v) is 3.43. The molecular weight excluding hydrogens is 250 g/mol. The molecule has 1 fully saturated rings. The van der Waals surface area contributed by atoms with Gasteiger partial charge in [-0.05, 0) is 19.4 Å². The maximum Gasteiger partial charge on any atom is 0.220 e. The van der Waals surface area contributed by atoms with Crippen LogP contribution < -0.4 is 16.4 Å². The first-order chi connectivity index (χ1) is 9.10. The van der Waals surface area contributed by atoms with Crippen LogP contribution in [0.2, 0.25) is 0 Å². The smallest absolute Gasteiger partial charge is 0.220 e. The minimum Gasteiger partial charge on any atom is -0.395 e. The summed E-state index contributed by atoms with van der Waals surface area (Å²) >= 11 is 0. The summed E-state index contributed by atoms with van der Waals surface area (Å²) in [5.41, 5.74) is 5.36. The normalized spacial score (nSPS) is 31.2. The third-order valence-electron chi connectivity index (χ3n) is 3.43. The highest BCUT2D eigenvalue weighted by atomic mass is 16.3. The molecule has 0 aromatic carbocycles. The first kappa shape index (κ1) is 16.3. The fourth-order valence-electron chi connectivity index (χ4n) is 2.19. The van der Waals surface area contributed by atoms with Gasteiger partial charge in [0.25, 0.3) is 0 Å². The topological polar surface area (TPSA) is 128 Å². The summed E-state index contributed by atoms with van der Waals surface area (Å²) in [4.78, 5) is 11.7. The number of hydrogen-bond acceptors (Lipinski definition) is 6. The van der Waals surface area contributed by atoms with Gasteiger partial charge >= 0.3 is 0 Å². The first-order valence-corrected chi connectivity index (χ1v) is 6.80. The zero-order chi connectivity index (χ0) is 14.3. The van der Waals surface area contributed by atoms with Gasteiger partial charge in [0.05, 0.1) is 24.8 Å². The zero-order valence-corrected chi connectivity index (χ0v) is 11.1. The number of aliphatic hydroxyl groups excluding tert-OH is 3. The lowest BCUT2D eigenvalue weighted by atomic mass is 9.94. The molecule has 0 saturated carbocycles. The number of nitrogens with two attached hydrogens (primary N) is 1. The monoisotopic (exact) mass is 275 g/mol. The third kappa shape index (κ3) is 5.04. The van der Waals surface area contributed by atoms with Gasteiger partial charge in [-0.15, -0.1) is 0 Å². The molecule has 0 aromatic heterocycles. The minimum absolute atomic E-state index is 0.141. The van der Waals surface area contributed by atoms with Crippen LogP contribution in [0.15, 0.2) is 0 Å². The van der Waals surface area contributed by atoms with Crippen molar-refractivity contribution >= 4 is 5.91 Å². The van der Waals surface area contributed by atoms with Crippen molar-refractivity contribution in [1.29, 1.82) is 0 Å². The predicted molar refractivity (Wildman–Crippen MR) is 70.3 cm³/mol. The number of nitrogens with one attached hydrogen (secondary N) is 2. The van der Waals surface area contributed by atoms with E-state index in [0.29, 0.717) is 19.5 Å². The first-order valence-electron chi connectivity index (χ1n) is 6.80. The van der Waals surface area contributed by atoms with E-state index in [1.54, 1.807) is 0 Å². The number of hydrogen-bond donors (Lipinski definition) is 6. The summed E-state index contributed by atoms with van der Waals surface area (Å²) in [6.45, 7) is 0.706. The number of aliphatic hydroxyl groups is 3. The van der Waals surface area contributed by atoms with Gasteiger partial charge in [-0.3, -0.25) is 4.79 Å². The summed E-state index contributed by atoms with van der Waals surface area (Å²) in [7, 11) is 0. The van der Waals surface area contributed by atoms with Crippen LogP contribution in [0.5, 0.6) is 0 Å². The highest BCUT2D eigenvalue weighted by Crippen LogP contribution is 2.11. The van der Waals surface area contributed by atoms with E-state index in [0.717, 1.165) is 19.3 Å². The SMILES string of the molecule is NCCCCCC(=O)N[C@H]1CN[C@H](CO)[C@@H](O)[C@@H]1O. The van der Waals surface area contributed by atoms with Crippen LogP contribution in [0.1, 0.15) is 25.7 Å². The molecule has 1 rings (SSSR count). The Kier molecular flexibility index (Phi) is 7.25. The van der Waals surface area contributed by atoms with Crippen molar-refractivity contribution in [3.63, 3.8) is 0 Å². The fourth-order valence-corrected chi connectivity index (χ4v) is 2.19. The van der Waals surface area contributed by atoms with E-state index < -0.39 is 24.3 Å². The van der Waals surface area contributed by atoms with Crippen LogP contribution in [0.3, 0.4) is 0 Å². The second kappa shape index (κ2) is 8.44. The molecule has 0 radical (unpaired) electrons. The average molecular weight is 275 g/mol. The quantitative estimate of drug-likeness (QED) is 0.289. The molecule has 1 amide bonds. The molecule has 7 heteroatoms. The largest absolute Gasteiger partial charge is 0.395 e. The van der Waals surface area contributed by atoms with Crippen LogP contribution in [0.25, 0.3) is 0 Å². The number of piperidine rings is 1. The van der Waals surface area contributed by atoms with Gasteiger partial charge in [0, 0.05) is 13.0 Å². The molecule has 1 aliphatic heterocycles. The lowest BCUT2D eigenvalue weighted by molar-refractivity contribution is -0.125. The molecule has 0 unspecified atom stereocenters. The maximum absolute atomic E-state index is 11.7. The van der Waals surface area contributed by atoms with E-state index >= 15 is 0 Å². The van der Waals surface area contributed by atoms with Crippen LogP contribution in [0, 0.1) is 0 Å². The molecule has 0 spiro atoms. The molecule has 7 N–H and O–H groups in total. The maximum atomic E-state index is 11.7. The summed E-state index contributed by atoms with van der Waals surface area (Å²) < 4.78 is 0. The summed E-state index contributed by atoms with van der Waals surface area (Å²) in [6, 6.07) is -1.08. The van der Waals surface area contributed by atoms with Crippen molar-refractivity contribution in [3.05, 3.63) is 0 Å². The molecule has 0 aliphatic carbocycles. The predicted octanol–water partition coefficient (Wildman–Crippen LogP) is -2.32. The molecule has 112 valence electrons. The Labute approximate surface area is 113 Å². The van der Waals surface area contributed by atoms with Gasteiger partial charge in [0.15, 0.2) is 0 Å². The number of carbonyl (C=O) groups excluding carboxylic acids is 1. The second-order valence-corrected chi connectivity index (χ2v) is 4.95. The van der Waals surface area contributed by atoms with Crippen LogP contribution in [-0.2, 0) is 4.79 Å². The lowest BCUT2D eigenvalue weighted by Crippen LogP contribution is -2.65. The van der Waals surface area contributed by atoms with Crippen molar-refractivity contribution < 1.29 is 20.1 Å². The Bertz CT molecular complexity index is 278. The van der Waals surface area contributed by atoms with Crippen LogP contribution in [-0.4, -0.2) is 65.2 Å². The fraction of sp³-hybridized carbons (Fsp3) is 0.917. The van der Waals surface area contributed by atoms with Gasteiger partial charge in [0.2, 0.25) is 5.91 Å². The number of unbranched alkanes of at least 4 members (excludes halogenated alkanes) is 2. The van der Waals surface area contributed by atoms with Crippen molar-refractivity contribution in [1.82, 2.24) is 10.6 Å². The van der Waals surface area contributed by atoms with Crippen molar-refractivity contribution in [3.8, 4) is 0 Å². The minimum atomic E-state index is -1.08. The summed E-state index contributed by atoms with van der Waals surface area (Å²) in [5.74, 6) is -0.141. The number of carbonyl (C=O) groups is 1. The van der Waals surface area contributed by atoms with Crippen LogP contribution in [0.4, 0.5) is 0 Å². The second-order valence-electron chi connectivity index (χ2n) is 4.95. The van der Waals surface area contributed by atoms with Crippen molar-refractivity contribution in [2.45, 2.75) is 50.0 Å². The Balaban J connectivity index is 2.30. The van der Waals surface area contributed by atoms with E-state index in [2.05, 4.69) is 10.6 Å². The number of rotatable bonds is 7. The van der Waals surface area contributed by atoms with Gasteiger partial charge in [-0.2, -0.15) is 0 Å². The molecule has 0 aromatic rings. The molecule has 1 saturated heterocycles. The summed E-state index contributed by atoms with van der Waals surface area (Å²) in [5, 5.41) is 34.2. The van der Waals surface area contributed by atoms with Gasteiger partial charge in [-0.25, -0.2) is 0 Å². The molecule has 0 bridgehead atoms. The summed E-state index contributed by atoms with van der Waals surface area (Å²) in [6.07, 6.45) is 0.819. The molecule has 19 heavy (non-hydrogen) atoms. The van der Waals surface area contributed by atoms with Crippen molar-refractivity contribution in [2.24, 2.45) is 5.73 Å².